The SMILES string of the molecule is C=CCC(O)CN.Cl. The minimum Gasteiger partial charge on any atom is -0.391 e. The highest BCUT2D eigenvalue weighted by molar-refractivity contribution is 5.85. The molecule has 1 atom stereocenters. The van der Waals surface area contributed by atoms with Crippen molar-refractivity contribution in [1.82, 2.24) is 0 Å². The second kappa shape index (κ2) is 6.95. The molecule has 0 saturated heterocycles. The largest absolute Gasteiger partial charge is 0.391 e. The Bertz CT molecular complexity index is 58.4. The van der Waals surface area contributed by atoms with Crippen LogP contribution in [0.25, 0.3) is 0 Å². The van der Waals surface area contributed by atoms with Gasteiger partial charge in [0.25, 0.3) is 0 Å². The Morgan fingerprint density at radius 1 is 1.75 bits per heavy atom. The molecule has 3 heteroatoms. The molecule has 0 bridgehead atoms. The quantitative estimate of drug-likeness (QED) is 0.550. The third-order valence-corrected chi connectivity index (χ3v) is 0.711. The minimum absolute atomic E-state index is 0. The number of halogens is 1. The van der Waals surface area contributed by atoms with Crippen LogP contribution in [0.3, 0.4) is 0 Å². The number of hydrogen-bond acceptors (Lipinski definition) is 2. The van der Waals surface area contributed by atoms with Gasteiger partial charge >= 0.3 is 0 Å². The maximum atomic E-state index is 8.66. The molecule has 0 aromatic rings. The molecule has 8 heavy (non-hydrogen) atoms. The van der Waals surface area contributed by atoms with Crippen molar-refractivity contribution in [2.75, 3.05) is 6.54 Å². The Balaban J connectivity index is 0. The van der Waals surface area contributed by atoms with Crippen LogP contribution in [-0.2, 0) is 0 Å². The third-order valence-electron chi connectivity index (χ3n) is 0.711. The van der Waals surface area contributed by atoms with Gasteiger partial charge in [-0.3, -0.25) is 0 Å². The monoisotopic (exact) mass is 137 g/mol. The van der Waals surface area contributed by atoms with Gasteiger partial charge in [0, 0.05) is 6.54 Å². The topological polar surface area (TPSA) is 46.2 Å². The van der Waals surface area contributed by atoms with E-state index in [1.165, 1.54) is 0 Å². The molecule has 0 aromatic heterocycles. The molecule has 0 aliphatic heterocycles. The Kier molecular flexibility index (Phi) is 9.42. The lowest BCUT2D eigenvalue weighted by atomic mass is 10.2. The average Bonchev–Trinajstić information content (AvgIpc) is 1.68. The summed E-state index contributed by atoms with van der Waals surface area (Å²) in [7, 11) is 0. The first-order chi connectivity index (χ1) is 3.31. The molecular weight excluding hydrogens is 126 g/mol. The van der Waals surface area contributed by atoms with Gasteiger partial charge in [-0.25, -0.2) is 0 Å². The van der Waals surface area contributed by atoms with E-state index in [1.54, 1.807) is 6.08 Å². The zero-order chi connectivity index (χ0) is 5.70. The van der Waals surface area contributed by atoms with Gasteiger partial charge in [-0.1, -0.05) is 6.08 Å². The molecule has 0 aliphatic rings. The molecule has 3 N–H and O–H groups in total. The maximum absolute atomic E-state index is 8.66. The van der Waals surface area contributed by atoms with Gasteiger partial charge in [-0.05, 0) is 6.42 Å². The molecule has 0 rings (SSSR count). The van der Waals surface area contributed by atoms with Gasteiger partial charge in [0.1, 0.15) is 0 Å². The van der Waals surface area contributed by atoms with Crippen LogP contribution in [0.5, 0.6) is 0 Å². The van der Waals surface area contributed by atoms with E-state index in [0.29, 0.717) is 13.0 Å². The summed E-state index contributed by atoms with van der Waals surface area (Å²) >= 11 is 0. The second-order valence-electron chi connectivity index (χ2n) is 1.41. The number of hydrogen-bond donors (Lipinski definition) is 2. The number of aliphatic hydroxyl groups is 1. The number of rotatable bonds is 3. The molecule has 2 nitrogen and oxygen atoms in total. The van der Waals surface area contributed by atoms with Crippen LogP contribution in [0, 0.1) is 0 Å². The molecular formula is C5H12ClNO. The molecule has 0 aromatic carbocycles. The van der Waals surface area contributed by atoms with Crippen LogP contribution in [0.1, 0.15) is 6.42 Å². The van der Waals surface area contributed by atoms with Crippen molar-refractivity contribution >= 4 is 12.4 Å². The normalized spacial score (nSPS) is 11.8. The fourth-order valence-corrected chi connectivity index (χ4v) is 0.289. The molecule has 0 heterocycles. The molecule has 0 spiro atoms. The van der Waals surface area contributed by atoms with Crippen LogP contribution in [0.2, 0.25) is 0 Å². The summed E-state index contributed by atoms with van der Waals surface area (Å²) in [5, 5.41) is 8.66. The van der Waals surface area contributed by atoms with Crippen molar-refractivity contribution < 1.29 is 5.11 Å². The van der Waals surface area contributed by atoms with Gasteiger partial charge in [0.2, 0.25) is 0 Å². The summed E-state index contributed by atoms with van der Waals surface area (Å²) in [4.78, 5) is 0. The predicted molar refractivity (Wildman–Crippen MR) is 37.1 cm³/mol. The highest BCUT2D eigenvalue weighted by Crippen LogP contribution is 1.86. The predicted octanol–water partition coefficient (Wildman–Crippen LogP) is 0.304. The summed E-state index contributed by atoms with van der Waals surface area (Å²) in [6.07, 6.45) is 1.85. The first kappa shape index (κ1) is 10.8. The number of aliphatic hydroxyl groups excluding tert-OH is 1. The van der Waals surface area contributed by atoms with Crippen molar-refractivity contribution in [3.05, 3.63) is 12.7 Å². The van der Waals surface area contributed by atoms with Gasteiger partial charge in [-0.15, -0.1) is 19.0 Å². The molecule has 0 aliphatic carbocycles. The molecule has 0 fully saturated rings. The van der Waals surface area contributed by atoms with E-state index in [0.717, 1.165) is 0 Å². The summed E-state index contributed by atoms with van der Waals surface area (Å²) in [5.41, 5.74) is 5.06. The highest BCUT2D eigenvalue weighted by atomic mass is 35.5. The van der Waals surface area contributed by atoms with Crippen molar-refractivity contribution in [3.63, 3.8) is 0 Å². The summed E-state index contributed by atoms with van der Waals surface area (Å²) < 4.78 is 0. The summed E-state index contributed by atoms with van der Waals surface area (Å²) in [6, 6.07) is 0. The van der Waals surface area contributed by atoms with Gasteiger partial charge in [0.15, 0.2) is 0 Å². The van der Waals surface area contributed by atoms with E-state index in [9.17, 15) is 0 Å². The maximum Gasteiger partial charge on any atom is 0.0696 e. The van der Waals surface area contributed by atoms with E-state index < -0.39 is 6.10 Å². The third kappa shape index (κ3) is 5.95. The lowest BCUT2D eigenvalue weighted by Crippen LogP contribution is -2.18. The molecule has 0 radical (unpaired) electrons. The Labute approximate surface area is 55.8 Å². The van der Waals surface area contributed by atoms with Crippen LogP contribution in [0.4, 0.5) is 0 Å². The molecule has 1 unspecified atom stereocenters. The first-order valence-corrected chi connectivity index (χ1v) is 2.30. The smallest absolute Gasteiger partial charge is 0.0696 e. The zero-order valence-corrected chi connectivity index (χ0v) is 5.53. The fraction of sp³-hybridized carbons (Fsp3) is 0.600. The molecule has 0 saturated carbocycles. The lowest BCUT2D eigenvalue weighted by molar-refractivity contribution is 0.186. The molecule has 0 amide bonds. The standard InChI is InChI=1S/C5H11NO.ClH/c1-2-3-5(7)4-6;/h2,5,7H,1,3-4,6H2;1H. The van der Waals surface area contributed by atoms with Gasteiger partial charge < -0.3 is 10.8 Å². The van der Waals surface area contributed by atoms with Crippen molar-refractivity contribution in [3.8, 4) is 0 Å². The zero-order valence-electron chi connectivity index (χ0n) is 4.71. The Morgan fingerprint density at radius 3 is 2.38 bits per heavy atom. The minimum atomic E-state index is -0.391. The Hall–Kier alpha value is -0.0500. The lowest BCUT2D eigenvalue weighted by Gasteiger charge is -1.99. The van der Waals surface area contributed by atoms with Crippen LogP contribution >= 0.6 is 12.4 Å². The summed E-state index contributed by atoms with van der Waals surface area (Å²) in [5.74, 6) is 0. The van der Waals surface area contributed by atoms with Crippen molar-refractivity contribution in [2.45, 2.75) is 12.5 Å². The second-order valence-corrected chi connectivity index (χ2v) is 1.41. The Morgan fingerprint density at radius 2 is 2.25 bits per heavy atom. The van der Waals surface area contributed by atoms with Crippen LogP contribution in [-0.4, -0.2) is 17.8 Å². The van der Waals surface area contributed by atoms with E-state index in [1.807, 2.05) is 0 Å². The van der Waals surface area contributed by atoms with E-state index >= 15 is 0 Å². The van der Waals surface area contributed by atoms with E-state index in [4.69, 9.17) is 10.8 Å². The van der Waals surface area contributed by atoms with Crippen molar-refractivity contribution in [2.24, 2.45) is 5.73 Å². The van der Waals surface area contributed by atoms with E-state index in [-0.39, 0.29) is 12.4 Å². The van der Waals surface area contributed by atoms with Gasteiger partial charge in [0.05, 0.1) is 6.10 Å². The van der Waals surface area contributed by atoms with Crippen molar-refractivity contribution in [1.29, 1.82) is 0 Å². The number of nitrogens with two attached hydrogens (primary N) is 1. The van der Waals surface area contributed by atoms with Crippen LogP contribution < -0.4 is 5.73 Å². The highest BCUT2D eigenvalue weighted by Gasteiger charge is 1.92. The molecule has 50 valence electrons. The van der Waals surface area contributed by atoms with Gasteiger partial charge in [-0.2, -0.15) is 0 Å². The van der Waals surface area contributed by atoms with Crippen LogP contribution in [0.15, 0.2) is 12.7 Å². The average molecular weight is 138 g/mol. The summed E-state index contributed by atoms with van der Waals surface area (Å²) in [6.45, 7) is 3.76. The fourth-order valence-electron chi connectivity index (χ4n) is 0.289. The van der Waals surface area contributed by atoms with E-state index in [2.05, 4.69) is 6.58 Å². The first-order valence-electron chi connectivity index (χ1n) is 2.30.